The molecule has 0 saturated heterocycles. The predicted molar refractivity (Wildman–Crippen MR) is 115 cm³/mol. The van der Waals surface area contributed by atoms with Crippen LogP contribution in [0.5, 0.6) is 0 Å². The molecule has 0 unspecified atom stereocenters. The third-order valence-corrected chi connectivity index (χ3v) is 6.39. The second-order valence-electron chi connectivity index (χ2n) is 8.16. The molecule has 1 aliphatic rings. The Hall–Kier alpha value is -2.85. The van der Waals surface area contributed by atoms with Gasteiger partial charge in [-0.1, -0.05) is 0 Å². The lowest BCUT2D eigenvalue weighted by Crippen LogP contribution is -2.40. The van der Waals surface area contributed by atoms with Crippen molar-refractivity contribution in [2.45, 2.75) is 18.8 Å². The van der Waals surface area contributed by atoms with E-state index in [1.165, 1.54) is 18.2 Å². The number of rotatable bonds is 7. The molecule has 1 amide bonds. The number of benzene rings is 2. The Morgan fingerprint density at radius 2 is 1.78 bits per heavy atom. The SMILES string of the molecule is CS(=O)(=O)NCC(=O)NC[C@H]1C[C@@H](c2c(-c3ccc(F)cc3)[nH]c3c(F)cc(F)cc32)C1. The summed E-state index contributed by atoms with van der Waals surface area (Å²) in [5.41, 5.74) is 2.26. The maximum Gasteiger partial charge on any atom is 0.235 e. The van der Waals surface area contributed by atoms with Crippen molar-refractivity contribution in [1.29, 1.82) is 0 Å². The van der Waals surface area contributed by atoms with Gasteiger partial charge in [0.25, 0.3) is 0 Å². The number of nitrogens with one attached hydrogen (secondary N) is 3. The van der Waals surface area contributed by atoms with Gasteiger partial charge in [-0.05, 0) is 66.1 Å². The quantitative estimate of drug-likeness (QED) is 0.500. The fourth-order valence-electron chi connectivity index (χ4n) is 4.16. The van der Waals surface area contributed by atoms with Crippen LogP contribution in [0.25, 0.3) is 22.2 Å². The van der Waals surface area contributed by atoms with Crippen LogP contribution < -0.4 is 10.0 Å². The molecule has 10 heteroatoms. The lowest BCUT2D eigenvalue weighted by Gasteiger charge is -2.36. The normalized spacial score (nSPS) is 18.5. The van der Waals surface area contributed by atoms with Crippen molar-refractivity contribution in [3.63, 3.8) is 0 Å². The van der Waals surface area contributed by atoms with Gasteiger partial charge in [-0.25, -0.2) is 26.3 Å². The van der Waals surface area contributed by atoms with Crippen molar-refractivity contribution in [2.75, 3.05) is 19.3 Å². The molecule has 1 aromatic heterocycles. The van der Waals surface area contributed by atoms with Crippen molar-refractivity contribution in [3.05, 3.63) is 59.4 Å². The molecule has 0 bridgehead atoms. The number of halogens is 3. The first-order chi connectivity index (χ1) is 15.1. The van der Waals surface area contributed by atoms with Gasteiger partial charge >= 0.3 is 0 Å². The standard InChI is InChI=1S/C22H22F3N3O3S/c1-32(30,31)27-11-19(29)26-10-12-6-14(7-12)20-17-8-16(24)9-18(25)22(17)28-21(20)13-2-4-15(23)5-3-13/h2-5,8-9,12,14,27-28H,6-7,10-11H2,1H3,(H,26,29)/t12-,14+. The third kappa shape index (κ3) is 4.81. The first-order valence-electron chi connectivity index (χ1n) is 10.1. The zero-order chi connectivity index (χ0) is 23.0. The van der Waals surface area contributed by atoms with Gasteiger partial charge in [-0.3, -0.25) is 4.79 Å². The van der Waals surface area contributed by atoms with Gasteiger partial charge in [-0.2, -0.15) is 0 Å². The van der Waals surface area contributed by atoms with E-state index in [-0.39, 0.29) is 23.9 Å². The van der Waals surface area contributed by atoms with E-state index in [0.717, 1.165) is 17.9 Å². The largest absolute Gasteiger partial charge is 0.355 e. The van der Waals surface area contributed by atoms with E-state index in [0.29, 0.717) is 36.0 Å². The topological polar surface area (TPSA) is 91.1 Å². The van der Waals surface area contributed by atoms with Crippen molar-refractivity contribution < 1.29 is 26.4 Å². The zero-order valence-corrected chi connectivity index (χ0v) is 18.0. The maximum absolute atomic E-state index is 14.4. The molecule has 3 N–H and O–H groups in total. The summed E-state index contributed by atoms with van der Waals surface area (Å²) in [6.07, 6.45) is 2.33. The number of carbonyl (C=O) groups is 1. The maximum atomic E-state index is 14.4. The van der Waals surface area contributed by atoms with Crippen LogP contribution in [-0.4, -0.2) is 38.7 Å². The monoisotopic (exact) mass is 465 g/mol. The second kappa shape index (κ2) is 8.59. The summed E-state index contributed by atoms with van der Waals surface area (Å²) in [5.74, 6) is -2.05. The van der Waals surface area contributed by atoms with Crippen molar-refractivity contribution >= 4 is 26.8 Å². The average molecular weight is 465 g/mol. The van der Waals surface area contributed by atoms with Crippen molar-refractivity contribution in [3.8, 4) is 11.3 Å². The van der Waals surface area contributed by atoms with Gasteiger partial charge in [0.15, 0.2) is 0 Å². The Morgan fingerprint density at radius 1 is 1.09 bits per heavy atom. The smallest absolute Gasteiger partial charge is 0.235 e. The molecule has 0 radical (unpaired) electrons. The Kier molecular flexibility index (Phi) is 6.00. The molecule has 1 saturated carbocycles. The average Bonchev–Trinajstić information content (AvgIpc) is 3.04. The van der Waals surface area contributed by atoms with Crippen LogP contribution in [0, 0.1) is 23.4 Å². The molecule has 0 atom stereocenters. The minimum atomic E-state index is -3.45. The van der Waals surface area contributed by atoms with E-state index in [4.69, 9.17) is 0 Å². The van der Waals surface area contributed by atoms with Crippen LogP contribution in [-0.2, 0) is 14.8 Å². The molecule has 1 heterocycles. The highest BCUT2D eigenvalue weighted by Crippen LogP contribution is 2.48. The number of carbonyl (C=O) groups excluding carboxylic acids is 1. The summed E-state index contributed by atoms with van der Waals surface area (Å²) in [7, 11) is -3.45. The summed E-state index contributed by atoms with van der Waals surface area (Å²) in [6, 6.07) is 7.91. The highest BCUT2D eigenvalue weighted by atomic mass is 32.2. The van der Waals surface area contributed by atoms with Crippen LogP contribution >= 0.6 is 0 Å². The molecule has 6 nitrogen and oxygen atoms in total. The van der Waals surface area contributed by atoms with Gasteiger partial charge in [0.05, 0.1) is 24.0 Å². The highest BCUT2D eigenvalue weighted by Gasteiger charge is 2.34. The number of aromatic amines is 1. The lowest BCUT2D eigenvalue weighted by atomic mass is 9.70. The number of aromatic nitrogens is 1. The van der Waals surface area contributed by atoms with Gasteiger partial charge in [0.1, 0.15) is 17.5 Å². The van der Waals surface area contributed by atoms with E-state index in [1.807, 2.05) is 0 Å². The minimum absolute atomic E-state index is 0.000972. The van der Waals surface area contributed by atoms with Gasteiger partial charge in [-0.15, -0.1) is 0 Å². The van der Waals surface area contributed by atoms with Crippen molar-refractivity contribution in [2.24, 2.45) is 5.92 Å². The van der Waals surface area contributed by atoms with E-state index in [2.05, 4.69) is 15.0 Å². The zero-order valence-electron chi connectivity index (χ0n) is 17.2. The molecule has 4 rings (SSSR count). The number of sulfonamides is 1. The Bertz CT molecular complexity index is 1270. The lowest BCUT2D eigenvalue weighted by molar-refractivity contribution is -0.120. The fraction of sp³-hybridized carbons (Fsp3) is 0.318. The fourth-order valence-corrected chi connectivity index (χ4v) is 4.56. The van der Waals surface area contributed by atoms with Crippen LogP contribution in [0.1, 0.15) is 24.3 Å². The molecule has 0 spiro atoms. The van der Waals surface area contributed by atoms with E-state index < -0.39 is 33.4 Å². The summed E-state index contributed by atoms with van der Waals surface area (Å²) in [4.78, 5) is 14.8. The molecule has 1 aliphatic carbocycles. The summed E-state index contributed by atoms with van der Waals surface area (Å²) in [6.45, 7) is 0.0441. The molecule has 2 aromatic carbocycles. The van der Waals surface area contributed by atoms with E-state index in [1.54, 1.807) is 12.1 Å². The minimum Gasteiger partial charge on any atom is -0.355 e. The number of amides is 1. The predicted octanol–water partition coefficient (Wildman–Crippen LogP) is 3.41. The number of hydrogen-bond acceptors (Lipinski definition) is 3. The van der Waals surface area contributed by atoms with Crippen LogP contribution in [0.15, 0.2) is 36.4 Å². The van der Waals surface area contributed by atoms with E-state index in [9.17, 15) is 26.4 Å². The molecular weight excluding hydrogens is 443 g/mol. The Labute approximate surface area is 183 Å². The molecule has 3 aromatic rings. The first kappa shape index (κ1) is 22.3. The Balaban J connectivity index is 1.52. The summed E-state index contributed by atoms with van der Waals surface area (Å²) >= 11 is 0. The van der Waals surface area contributed by atoms with Crippen LogP contribution in [0.3, 0.4) is 0 Å². The second-order valence-corrected chi connectivity index (χ2v) is 10.00. The number of hydrogen-bond donors (Lipinski definition) is 3. The molecule has 170 valence electrons. The van der Waals surface area contributed by atoms with Gasteiger partial charge < -0.3 is 10.3 Å². The van der Waals surface area contributed by atoms with Gasteiger partial charge in [0.2, 0.25) is 15.9 Å². The van der Waals surface area contributed by atoms with Crippen LogP contribution in [0.2, 0.25) is 0 Å². The molecule has 0 aliphatic heterocycles. The molecule has 1 fully saturated rings. The number of H-pyrrole nitrogens is 1. The van der Waals surface area contributed by atoms with Crippen molar-refractivity contribution in [1.82, 2.24) is 15.0 Å². The number of fused-ring (bicyclic) bond motifs is 1. The van der Waals surface area contributed by atoms with Gasteiger partial charge in [0, 0.05) is 18.0 Å². The highest BCUT2D eigenvalue weighted by molar-refractivity contribution is 7.88. The summed E-state index contributed by atoms with van der Waals surface area (Å²) < 4.78 is 66.1. The Morgan fingerprint density at radius 3 is 2.44 bits per heavy atom. The van der Waals surface area contributed by atoms with E-state index >= 15 is 0 Å². The van der Waals surface area contributed by atoms with Crippen LogP contribution in [0.4, 0.5) is 13.2 Å². The molecule has 32 heavy (non-hydrogen) atoms. The first-order valence-corrected chi connectivity index (χ1v) is 12.0. The third-order valence-electron chi connectivity index (χ3n) is 5.72. The molecular formula is C22H22F3N3O3S. The summed E-state index contributed by atoms with van der Waals surface area (Å²) in [5, 5.41) is 3.15.